The summed E-state index contributed by atoms with van der Waals surface area (Å²) in [5.41, 5.74) is -0.580. The normalized spacial score (nSPS) is 25.9. The summed E-state index contributed by atoms with van der Waals surface area (Å²) in [4.78, 5) is 22.7. The Morgan fingerprint density at radius 1 is 1.25 bits per heavy atom. The molecule has 1 N–H and O–H groups in total. The van der Waals surface area contributed by atoms with E-state index in [1.807, 2.05) is 0 Å². The number of Topliss-reactive ketones (excluding diaryl/α,β-unsaturated/α-hetero) is 1. The Labute approximate surface area is 96.2 Å². The lowest BCUT2D eigenvalue weighted by Crippen LogP contribution is -2.37. The van der Waals surface area contributed by atoms with Gasteiger partial charge in [-0.15, -0.1) is 0 Å². The second-order valence-corrected chi connectivity index (χ2v) is 5.48. The number of carboxylic acids is 1. The van der Waals surface area contributed by atoms with Gasteiger partial charge in [0.1, 0.15) is 5.78 Å². The largest absolute Gasteiger partial charge is 0.481 e. The topological polar surface area (TPSA) is 54.4 Å². The van der Waals surface area contributed by atoms with E-state index in [1.165, 1.54) is 25.7 Å². The van der Waals surface area contributed by atoms with Crippen molar-refractivity contribution in [2.45, 2.75) is 57.8 Å². The minimum absolute atomic E-state index is 0.239. The zero-order chi connectivity index (χ0) is 11.6. The summed E-state index contributed by atoms with van der Waals surface area (Å²) in [5, 5.41) is 9.42. The second kappa shape index (κ2) is 4.56. The summed E-state index contributed by atoms with van der Waals surface area (Å²) >= 11 is 0. The van der Waals surface area contributed by atoms with Crippen LogP contribution in [0.5, 0.6) is 0 Å². The minimum Gasteiger partial charge on any atom is -0.481 e. The van der Waals surface area contributed by atoms with Crippen molar-refractivity contribution in [3.05, 3.63) is 0 Å². The van der Waals surface area contributed by atoms with Crippen LogP contribution in [0.1, 0.15) is 57.8 Å². The Morgan fingerprint density at radius 3 is 2.31 bits per heavy atom. The van der Waals surface area contributed by atoms with Crippen molar-refractivity contribution < 1.29 is 14.7 Å². The van der Waals surface area contributed by atoms with E-state index >= 15 is 0 Å². The highest BCUT2D eigenvalue weighted by molar-refractivity contribution is 5.83. The number of rotatable bonds is 3. The Morgan fingerprint density at radius 2 is 1.81 bits per heavy atom. The van der Waals surface area contributed by atoms with Gasteiger partial charge in [-0.2, -0.15) is 0 Å². The number of aliphatic carboxylic acids is 1. The molecule has 0 aromatic carbocycles. The summed E-state index contributed by atoms with van der Waals surface area (Å²) in [6.07, 6.45) is 7.74. The molecule has 2 aliphatic rings. The third-order valence-electron chi connectivity index (χ3n) is 4.37. The van der Waals surface area contributed by atoms with E-state index in [9.17, 15) is 14.7 Å². The van der Waals surface area contributed by atoms with E-state index < -0.39 is 11.4 Å². The maximum Gasteiger partial charge on any atom is 0.309 e. The lowest BCUT2D eigenvalue weighted by molar-refractivity contribution is -0.153. The molecule has 0 aromatic heterocycles. The average molecular weight is 224 g/mol. The van der Waals surface area contributed by atoms with Crippen LogP contribution < -0.4 is 0 Å². The predicted molar refractivity (Wildman–Crippen MR) is 60.1 cm³/mol. The Balaban J connectivity index is 2.03. The van der Waals surface area contributed by atoms with Gasteiger partial charge >= 0.3 is 5.97 Å². The first-order valence-corrected chi connectivity index (χ1v) is 6.37. The van der Waals surface area contributed by atoms with Gasteiger partial charge in [-0.1, -0.05) is 25.7 Å². The molecule has 90 valence electrons. The lowest BCUT2D eigenvalue weighted by atomic mass is 9.68. The van der Waals surface area contributed by atoms with Crippen molar-refractivity contribution in [1.82, 2.24) is 0 Å². The van der Waals surface area contributed by atoms with Crippen molar-refractivity contribution in [2.75, 3.05) is 0 Å². The quantitative estimate of drug-likeness (QED) is 0.802. The van der Waals surface area contributed by atoms with Gasteiger partial charge in [0.05, 0.1) is 5.41 Å². The van der Waals surface area contributed by atoms with E-state index in [0.717, 1.165) is 6.42 Å². The molecule has 2 rings (SSSR count). The van der Waals surface area contributed by atoms with Crippen LogP contribution in [0.4, 0.5) is 0 Å². The van der Waals surface area contributed by atoms with Crippen molar-refractivity contribution in [2.24, 2.45) is 11.3 Å². The highest BCUT2D eigenvalue weighted by atomic mass is 16.4. The van der Waals surface area contributed by atoms with Crippen LogP contribution in [0, 0.1) is 11.3 Å². The Kier molecular flexibility index (Phi) is 3.31. The summed E-state index contributed by atoms with van der Waals surface area (Å²) in [6.45, 7) is 0. The van der Waals surface area contributed by atoms with Crippen LogP contribution in [-0.2, 0) is 9.59 Å². The molecule has 3 nitrogen and oxygen atoms in total. The van der Waals surface area contributed by atoms with Crippen molar-refractivity contribution in [1.29, 1.82) is 0 Å². The van der Waals surface area contributed by atoms with Gasteiger partial charge in [0.25, 0.3) is 0 Å². The zero-order valence-corrected chi connectivity index (χ0v) is 9.71. The molecule has 0 spiro atoms. The predicted octanol–water partition coefficient (Wildman–Crippen LogP) is 2.78. The molecule has 0 atom stereocenters. The van der Waals surface area contributed by atoms with Gasteiger partial charge in [-0.3, -0.25) is 9.59 Å². The van der Waals surface area contributed by atoms with Gasteiger partial charge in [-0.25, -0.2) is 0 Å². The highest BCUT2D eigenvalue weighted by Gasteiger charge is 2.43. The molecule has 0 amide bonds. The van der Waals surface area contributed by atoms with Crippen LogP contribution in [0.25, 0.3) is 0 Å². The Bertz CT molecular complexity index is 280. The maximum absolute atomic E-state index is 11.5. The molecule has 3 heteroatoms. The summed E-state index contributed by atoms with van der Waals surface area (Å²) in [7, 11) is 0. The smallest absolute Gasteiger partial charge is 0.309 e. The van der Waals surface area contributed by atoms with E-state index in [-0.39, 0.29) is 5.78 Å². The molecule has 2 fully saturated rings. The van der Waals surface area contributed by atoms with Gasteiger partial charge in [0.2, 0.25) is 0 Å². The molecular formula is C13H20O3. The second-order valence-electron chi connectivity index (χ2n) is 5.48. The van der Waals surface area contributed by atoms with Crippen LogP contribution in [0.15, 0.2) is 0 Å². The van der Waals surface area contributed by atoms with E-state index in [0.29, 0.717) is 31.6 Å². The van der Waals surface area contributed by atoms with Gasteiger partial charge in [-0.05, 0) is 25.2 Å². The third kappa shape index (κ3) is 2.28. The van der Waals surface area contributed by atoms with Crippen molar-refractivity contribution in [3.8, 4) is 0 Å². The highest BCUT2D eigenvalue weighted by Crippen LogP contribution is 2.44. The average Bonchev–Trinajstić information content (AvgIpc) is 2.74. The van der Waals surface area contributed by atoms with E-state index in [4.69, 9.17) is 0 Å². The van der Waals surface area contributed by atoms with Gasteiger partial charge in [0.15, 0.2) is 0 Å². The van der Waals surface area contributed by atoms with E-state index in [2.05, 4.69) is 0 Å². The lowest BCUT2D eigenvalue weighted by Gasteiger charge is -2.34. The first kappa shape index (κ1) is 11.6. The standard InChI is InChI=1S/C13H20O3/c14-11-5-7-13(8-6-11,12(15)16)9-10-3-1-2-4-10/h10H,1-9H2,(H,15,16). The Hall–Kier alpha value is -0.860. The molecule has 16 heavy (non-hydrogen) atoms. The summed E-state index contributed by atoms with van der Waals surface area (Å²) in [6, 6.07) is 0. The number of hydrogen-bond donors (Lipinski definition) is 1. The molecule has 0 bridgehead atoms. The fourth-order valence-corrected chi connectivity index (χ4v) is 3.28. The molecule has 0 unspecified atom stereocenters. The number of ketones is 1. The monoisotopic (exact) mass is 224 g/mol. The molecule has 0 saturated heterocycles. The van der Waals surface area contributed by atoms with Crippen molar-refractivity contribution >= 4 is 11.8 Å². The maximum atomic E-state index is 11.5. The van der Waals surface area contributed by atoms with Gasteiger partial charge in [0, 0.05) is 12.8 Å². The van der Waals surface area contributed by atoms with Crippen LogP contribution in [0.3, 0.4) is 0 Å². The minimum atomic E-state index is -0.674. The van der Waals surface area contributed by atoms with Crippen LogP contribution in [0.2, 0.25) is 0 Å². The van der Waals surface area contributed by atoms with Crippen LogP contribution in [-0.4, -0.2) is 16.9 Å². The summed E-state index contributed by atoms with van der Waals surface area (Å²) in [5.74, 6) is 0.152. The van der Waals surface area contributed by atoms with Crippen molar-refractivity contribution in [3.63, 3.8) is 0 Å². The van der Waals surface area contributed by atoms with Crippen LogP contribution >= 0.6 is 0 Å². The number of hydrogen-bond acceptors (Lipinski definition) is 2. The molecule has 2 aliphatic carbocycles. The fraction of sp³-hybridized carbons (Fsp3) is 0.846. The molecule has 0 radical (unpaired) electrons. The SMILES string of the molecule is O=C1CCC(CC2CCCC2)(C(=O)O)CC1. The molecule has 2 saturated carbocycles. The third-order valence-corrected chi connectivity index (χ3v) is 4.37. The fourth-order valence-electron chi connectivity index (χ4n) is 3.28. The molecule has 0 aromatic rings. The number of carbonyl (C=O) groups is 2. The first-order chi connectivity index (χ1) is 7.62. The number of carbonyl (C=O) groups excluding carboxylic acids is 1. The molecular weight excluding hydrogens is 204 g/mol. The summed E-state index contributed by atoms with van der Waals surface area (Å²) < 4.78 is 0. The van der Waals surface area contributed by atoms with Gasteiger partial charge < -0.3 is 5.11 Å². The van der Waals surface area contributed by atoms with E-state index in [1.54, 1.807) is 0 Å². The first-order valence-electron chi connectivity index (χ1n) is 6.37. The zero-order valence-electron chi connectivity index (χ0n) is 9.71. The number of carboxylic acid groups (broad SMARTS) is 1. The molecule has 0 aliphatic heterocycles. The molecule has 0 heterocycles.